The van der Waals surface area contributed by atoms with Crippen LogP contribution in [-0.2, 0) is 4.74 Å². The smallest absolute Gasteiger partial charge is 0.122 e. The van der Waals surface area contributed by atoms with E-state index in [1.165, 1.54) is 6.42 Å². The maximum absolute atomic E-state index is 8.53. The molecule has 2 heteroatoms. The van der Waals surface area contributed by atoms with Gasteiger partial charge in [-0.3, -0.25) is 0 Å². The average molecular weight is 115 g/mol. The first-order valence-electron chi connectivity index (χ1n) is 3.02. The van der Waals surface area contributed by atoms with Crippen molar-refractivity contribution >= 4 is 0 Å². The summed E-state index contributed by atoms with van der Waals surface area (Å²) in [6.45, 7) is 0.913. The standard InChI is InChI=1S/C6H11O2/c7-5-6-3-1-2-4-8-6/h7H,1-5H2. The van der Waals surface area contributed by atoms with Gasteiger partial charge in [0.25, 0.3) is 0 Å². The van der Waals surface area contributed by atoms with E-state index < -0.39 is 0 Å². The fourth-order valence-electron chi connectivity index (χ4n) is 0.838. The van der Waals surface area contributed by atoms with Gasteiger partial charge in [0, 0.05) is 6.61 Å². The van der Waals surface area contributed by atoms with Gasteiger partial charge in [-0.15, -0.1) is 0 Å². The van der Waals surface area contributed by atoms with Gasteiger partial charge < -0.3 is 9.84 Å². The zero-order chi connectivity index (χ0) is 5.82. The molecule has 0 amide bonds. The molecule has 1 N–H and O–H groups in total. The monoisotopic (exact) mass is 115 g/mol. The molecule has 47 valence electrons. The van der Waals surface area contributed by atoms with Crippen molar-refractivity contribution in [3.05, 3.63) is 6.10 Å². The fraction of sp³-hybridized carbons (Fsp3) is 0.833. The molecule has 2 nitrogen and oxygen atoms in total. The molecule has 0 aromatic rings. The lowest BCUT2D eigenvalue weighted by molar-refractivity contribution is 0.0616. The maximum Gasteiger partial charge on any atom is 0.122 e. The van der Waals surface area contributed by atoms with Gasteiger partial charge in [0.2, 0.25) is 0 Å². The Morgan fingerprint density at radius 2 is 2.38 bits per heavy atom. The second kappa shape index (κ2) is 3.05. The van der Waals surface area contributed by atoms with Crippen molar-refractivity contribution in [2.24, 2.45) is 0 Å². The van der Waals surface area contributed by atoms with Crippen molar-refractivity contribution in [3.63, 3.8) is 0 Å². The van der Waals surface area contributed by atoms with Crippen molar-refractivity contribution in [3.8, 4) is 0 Å². The second-order valence-corrected chi connectivity index (χ2v) is 2.00. The quantitative estimate of drug-likeness (QED) is 0.545. The predicted molar refractivity (Wildman–Crippen MR) is 30.1 cm³/mol. The third-order valence-electron chi connectivity index (χ3n) is 1.33. The minimum atomic E-state index is 0.111. The van der Waals surface area contributed by atoms with Crippen LogP contribution in [0.15, 0.2) is 0 Å². The van der Waals surface area contributed by atoms with Crippen LogP contribution in [0.5, 0.6) is 0 Å². The number of ether oxygens (including phenoxy) is 1. The van der Waals surface area contributed by atoms with Crippen molar-refractivity contribution in [1.82, 2.24) is 0 Å². The molecule has 1 rings (SSSR count). The summed E-state index contributed by atoms with van der Waals surface area (Å²) in [5.41, 5.74) is 0. The molecule has 1 saturated heterocycles. The van der Waals surface area contributed by atoms with Crippen molar-refractivity contribution in [1.29, 1.82) is 0 Å². The van der Waals surface area contributed by atoms with Crippen LogP contribution in [0.25, 0.3) is 0 Å². The molecule has 1 aliphatic rings. The van der Waals surface area contributed by atoms with Gasteiger partial charge in [0.15, 0.2) is 0 Å². The van der Waals surface area contributed by atoms with Crippen LogP contribution in [0.2, 0.25) is 0 Å². The molecule has 0 atom stereocenters. The Morgan fingerprint density at radius 3 is 2.75 bits per heavy atom. The summed E-state index contributed by atoms with van der Waals surface area (Å²) < 4.78 is 5.09. The van der Waals surface area contributed by atoms with E-state index in [-0.39, 0.29) is 6.61 Å². The minimum absolute atomic E-state index is 0.111. The highest BCUT2D eigenvalue weighted by atomic mass is 16.5. The topological polar surface area (TPSA) is 29.5 Å². The van der Waals surface area contributed by atoms with E-state index >= 15 is 0 Å². The summed E-state index contributed by atoms with van der Waals surface area (Å²) in [5, 5.41) is 8.53. The highest BCUT2D eigenvalue weighted by Gasteiger charge is 2.12. The molecular formula is C6H11O2. The number of aliphatic hydroxyl groups is 1. The molecule has 1 aliphatic heterocycles. The minimum Gasteiger partial charge on any atom is -0.393 e. The van der Waals surface area contributed by atoms with Crippen LogP contribution >= 0.6 is 0 Å². The summed E-state index contributed by atoms with van der Waals surface area (Å²) in [5.74, 6) is 0. The average Bonchev–Trinajstić information content (AvgIpc) is 1.90. The Bertz CT molecular complexity index is 57.5. The van der Waals surface area contributed by atoms with Crippen LogP contribution in [-0.4, -0.2) is 18.3 Å². The van der Waals surface area contributed by atoms with Crippen LogP contribution in [0.4, 0.5) is 0 Å². The largest absolute Gasteiger partial charge is 0.393 e. The predicted octanol–water partition coefficient (Wildman–Crippen LogP) is 0.711. The Kier molecular flexibility index (Phi) is 2.30. The molecule has 0 unspecified atom stereocenters. The van der Waals surface area contributed by atoms with E-state index in [2.05, 4.69) is 0 Å². The van der Waals surface area contributed by atoms with E-state index in [4.69, 9.17) is 9.84 Å². The van der Waals surface area contributed by atoms with Crippen LogP contribution in [0.3, 0.4) is 0 Å². The van der Waals surface area contributed by atoms with Gasteiger partial charge in [-0.1, -0.05) is 0 Å². The van der Waals surface area contributed by atoms with E-state index in [1.54, 1.807) is 0 Å². The second-order valence-electron chi connectivity index (χ2n) is 2.00. The number of hydrogen-bond acceptors (Lipinski definition) is 2. The first-order chi connectivity index (χ1) is 3.93. The Balaban J connectivity index is 2.13. The van der Waals surface area contributed by atoms with Gasteiger partial charge in [-0.25, -0.2) is 0 Å². The van der Waals surface area contributed by atoms with Crippen molar-refractivity contribution in [2.75, 3.05) is 13.2 Å². The molecule has 0 spiro atoms. The van der Waals surface area contributed by atoms with Gasteiger partial charge in [0.05, 0.1) is 6.61 Å². The Labute approximate surface area is 49.5 Å². The first-order valence-corrected chi connectivity index (χ1v) is 3.02. The van der Waals surface area contributed by atoms with Crippen LogP contribution < -0.4 is 0 Å². The lowest BCUT2D eigenvalue weighted by atomic mass is 10.1. The van der Waals surface area contributed by atoms with E-state index in [0.29, 0.717) is 0 Å². The molecule has 0 bridgehead atoms. The normalized spacial score (nSPS) is 23.6. The summed E-state index contributed by atoms with van der Waals surface area (Å²) in [7, 11) is 0. The number of hydrogen-bond donors (Lipinski definition) is 1. The fourth-order valence-corrected chi connectivity index (χ4v) is 0.838. The first kappa shape index (κ1) is 6.05. The Hall–Kier alpha value is -0.0800. The van der Waals surface area contributed by atoms with E-state index in [9.17, 15) is 0 Å². The third kappa shape index (κ3) is 1.46. The summed E-state index contributed by atoms with van der Waals surface area (Å²) >= 11 is 0. The van der Waals surface area contributed by atoms with Gasteiger partial charge in [-0.05, 0) is 19.3 Å². The molecule has 1 heterocycles. The van der Waals surface area contributed by atoms with Crippen molar-refractivity contribution < 1.29 is 9.84 Å². The summed E-state index contributed by atoms with van der Waals surface area (Å²) in [4.78, 5) is 0. The molecule has 1 radical (unpaired) electrons. The molecular weight excluding hydrogens is 104 g/mol. The summed E-state index contributed by atoms with van der Waals surface area (Å²) in [6, 6.07) is 0. The number of rotatable bonds is 1. The molecule has 0 aromatic heterocycles. The lowest BCUT2D eigenvalue weighted by Crippen LogP contribution is -2.14. The van der Waals surface area contributed by atoms with Crippen LogP contribution in [0.1, 0.15) is 19.3 Å². The van der Waals surface area contributed by atoms with Crippen molar-refractivity contribution in [2.45, 2.75) is 19.3 Å². The number of aliphatic hydroxyl groups excluding tert-OH is 1. The zero-order valence-electron chi connectivity index (χ0n) is 4.89. The van der Waals surface area contributed by atoms with Gasteiger partial charge >= 0.3 is 0 Å². The Morgan fingerprint density at radius 1 is 1.50 bits per heavy atom. The van der Waals surface area contributed by atoms with Gasteiger partial charge in [-0.2, -0.15) is 0 Å². The lowest BCUT2D eigenvalue weighted by Gasteiger charge is -2.18. The molecule has 8 heavy (non-hydrogen) atoms. The molecule has 1 fully saturated rings. The van der Waals surface area contributed by atoms with Crippen LogP contribution in [0, 0.1) is 6.10 Å². The third-order valence-corrected chi connectivity index (χ3v) is 1.33. The van der Waals surface area contributed by atoms with Gasteiger partial charge in [0.1, 0.15) is 6.10 Å². The SMILES string of the molecule is OC[C]1CCCCO1. The zero-order valence-corrected chi connectivity index (χ0v) is 4.89. The molecule has 0 saturated carbocycles. The molecule has 0 aliphatic carbocycles. The summed E-state index contributed by atoms with van der Waals surface area (Å²) in [6.07, 6.45) is 4.13. The molecule has 0 aromatic carbocycles. The highest BCUT2D eigenvalue weighted by Crippen LogP contribution is 2.17. The van der Waals surface area contributed by atoms with E-state index in [0.717, 1.165) is 25.6 Å². The highest BCUT2D eigenvalue weighted by molar-refractivity contribution is 4.79. The van der Waals surface area contributed by atoms with E-state index in [1.807, 2.05) is 0 Å². The maximum atomic E-state index is 8.53.